The lowest BCUT2D eigenvalue weighted by molar-refractivity contribution is -0.896. The van der Waals surface area contributed by atoms with E-state index in [1.807, 2.05) is 18.2 Å². The van der Waals surface area contributed by atoms with Crippen molar-refractivity contribution >= 4 is 28.6 Å². The molecule has 0 bridgehead atoms. The van der Waals surface area contributed by atoms with Gasteiger partial charge in [0.1, 0.15) is 13.2 Å². The van der Waals surface area contributed by atoms with Crippen molar-refractivity contribution in [1.29, 1.82) is 0 Å². The van der Waals surface area contributed by atoms with Gasteiger partial charge in [-0.25, -0.2) is 4.79 Å². The third kappa shape index (κ3) is 4.63. The van der Waals surface area contributed by atoms with Crippen LogP contribution >= 0.6 is 22.6 Å². The summed E-state index contributed by atoms with van der Waals surface area (Å²) in [5, 5.41) is 0. The monoisotopic (exact) mass is 348 g/mol. The number of carbonyl (C=O) groups is 1. The molecule has 0 amide bonds. The molecule has 0 unspecified atom stereocenters. The van der Waals surface area contributed by atoms with Crippen LogP contribution in [0.5, 0.6) is 0 Å². The van der Waals surface area contributed by atoms with E-state index in [1.165, 1.54) is 4.90 Å². The van der Waals surface area contributed by atoms with Crippen LogP contribution in [0, 0.1) is 3.57 Å². The molecule has 3 nitrogen and oxygen atoms in total. The summed E-state index contributed by atoms with van der Waals surface area (Å²) in [5.41, 5.74) is 0.655. The fraction of sp³-hybridized carbons (Fsp3) is 0.462. The van der Waals surface area contributed by atoms with Gasteiger partial charge in [-0.05, 0) is 48.6 Å². The van der Waals surface area contributed by atoms with Gasteiger partial charge in [-0.3, -0.25) is 0 Å². The fourth-order valence-corrected chi connectivity index (χ4v) is 2.20. The second kappa shape index (κ2) is 7.66. The highest BCUT2D eigenvalue weighted by Crippen LogP contribution is 2.12. The lowest BCUT2D eigenvalue weighted by Gasteiger charge is -2.15. The molecule has 94 valence electrons. The summed E-state index contributed by atoms with van der Waals surface area (Å²) in [6, 6.07) is 7.48. The maximum Gasteiger partial charge on any atom is 0.339 e. The third-order valence-corrected chi connectivity index (χ3v) is 3.72. The summed E-state index contributed by atoms with van der Waals surface area (Å²) in [4.78, 5) is 13.2. The van der Waals surface area contributed by atoms with Crippen molar-refractivity contribution in [2.24, 2.45) is 0 Å². The first-order chi connectivity index (χ1) is 8.19. The predicted molar refractivity (Wildman–Crippen MR) is 76.4 cm³/mol. The number of hydrogen-bond acceptors (Lipinski definition) is 2. The number of nitrogens with one attached hydrogen (secondary N) is 1. The predicted octanol–water partition coefficient (Wildman–Crippen LogP) is 1.37. The van der Waals surface area contributed by atoms with Crippen LogP contribution in [0.25, 0.3) is 0 Å². The molecule has 0 heterocycles. The lowest BCUT2D eigenvalue weighted by atomic mass is 10.2. The van der Waals surface area contributed by atoms with Crippen molar-refractivity contribution in [1.82, 2.24) is 0 Å². The van der Waals surface area contributed by atoms with Crippen molar-refractivity contribution in [2.45, 2.75) is 13.8 Å². The highest BCUT2D eigenvalue weighted by atomic mass is 127. The maximum atomic E-state index is 11.8. The van der Waals surface area contributed by atoms with Gasteiger partial charge in [0.05, 0.1) is 18.7 Å². The van der Waals surface area contributed by atoms with Crippen LogP contribution < -0.4 is 4.90 Å². The van der Waals surface area contributed by atoms with E-state index >= 15 is 0 Å². The number of quaternary nitrogens is 1. The van der Waals surface area contributed by atoms with Crippen molar-refractivity contribution < 1.29 is 14.4 Å². The second-order valence-corrected chi connectivity index (χ2v) is 4.99. The Bertz CT molecular complexity index is 364. The van der Waals surface area contributed by atoms with E-state index in [4.69, 9.17) is 4.74 Å². The van der Waals surface area contributed by atoms with Crippen molar-refractivity contribution in [3.05, 3.63) is 33.4 Å². The first-order valence-electron chi connectivity index (χ1n) is 5.94. The highest BCUT2D eigenvalue weighted by molar-refractivity contribution is 14.1. The standard InChI is InChI=1S/C13H18INO2/c1-3-15(4-2)9-10-17-13(16)11-7-5-6-8-12(11)14/h5-8H,3-4,9-10H2,1-2H3/p+1. The van der Waals surface area contributed by atoms with Crippen LogP contribution in [-0.2, 0) is 4.74 Å². The van der Waals surface area contributed by atoms with E-state index in [-0.39, 0.29) is 5.97 Å². The van der Waals surface area contributed by atoms with Crippen LogP contribution in [-0.4, -0.2) is 32.2 Å². The van der Waals surface area contributed by atoms with Crippen LogP contribution in [0.2, 0.25) is 0 Å². The number of halogens is 1. The molecular weight excluding hydrogens is 329 g/mol. The fourth-order valence-electron chi connectivity index (χ4n) is 1.60. The summed E-state index contributed by atoms with van der Waals surface area (Å²) >= 11 is 2.15. The molecule has 0 aliphatic carbocycles. The number of carbonyl (C=O) groups excluding carboxylic acids is 1. The van der Waals surface area contributed by atoms with Gasteiger partial charge < -0.3 is 9.64 Å². The Morgan fingerprint density at radius 3 is 2.53 bits per heavy atom. The Balaban J connectivity index is 2.43. The van der Waals surface area contributed by atoms with Gasteiger partial charge in [0.15, 0.2) is 0 Å². The summed E-state index contributed by atoms with van der Waals surface area (Å²) in [5.74, 6) is -0.221. The molecule has 0 aliphatic rings. The molecule has 1 aromatic rings. The molecule has 4 heteroatoms. The van der Waals surface area contributed by atoms with E-state index < -0.39 is 0 Å². The van der Waals surface area contributed by atoms with Gasteiger partial charge in [-0.15, -0.1) is 0 Å². The van der Waals surface area contributed by atoms with Crippen molar-refractivity contribution in [3.63, 3.8) is 0 Å². The third-order valence-electron chi connectivity index (χ3n) is 2.78. The van der Waals surface area contributed by atoms with Crippen LogP contribution in [0.15, 0.2) is 24.3 Å². The summed E-state index contributed by atoms with van der Waals surface area (Å²) in [7, 11) is 0. The number of likely N-dealkylation sites (N-methyl/N-ethyl adjacent to an activating group) is 1. The first-order valence-corrected chi connectivity index (χ1v) is 7.02. The van der Waals surface area contributed by atoms with Gasteiger partial charge in [-0.2, -0.15) is 0 Å². The summed E-state index contributed by atoms with van der Waals surface area (Å²) < 4.78 is 6.21. The zero-order chi connectivity index (χ0) is 12.7. The molecule has 0 saturated carbocycles. The topological polar surface area (TPSA) is 30.7 Å². The molecule has 1 aromatic carbocycles. The molecule has 1 rings (SSSR count). The SMILES string of the molecule is CC[NH+](CC)CCOC(=O)c1ccccc1I. The summed E-state index contributed by atoms with van der Waals surface area (Å²) in [6.07, 6.45) is 0. The number of hydrogen-bond donors (Lipinski definition) is 1. The number of esters is 1. The zero-order valence-electron chi connectivity index (χ0n) is 10.3. The van der Waals surface area contributed by atoms with Gasteiger partial charge >= 0.3 is 5.97 Å². The minimum absolute atomic E-state index is 0.221. The van der Waals surface area contributed by atoms with Crippen LogP contribution in [0.1, 0.15) is 24.2 Å². The minimum atomic E-state index is -0.221. The molecule has 1 N–H and O–H groups in total. The Morgan fingerprint density at radius 2 is 1.94 bits per heavy atom. The van der Waals surface area contributed by atoms with Gasteiger partial charge in [0.25, 0.3) is 0 Å². The lowest BCUT2D eigenvalue weighted by Crippen LogP contribution is -3.11. The minimum Gasteiger partial charge on any atom is -0.456 e. The van der Waals surface area contributed by atoms with E-state index in [0.717, 1.165) is 23.2 Å². The first kappa shape index (κ1) is 14.4. The van der Waals surface area contributed by atoms with Gasteiger partial charge in [0.2, 0.25) is 0 Å². The molecule has 0 radical (unpaired) electrons. The van der Waals surface area contributed by atoms with E-state index in [9.17, 15) is 4.79 Å². The normalized spacial score (nSPS) is 10.6. The molecule has 0 fully saturated rings. The van der Waals surface area contributed by atoms with E-state index in [0.29, 0.717) is 12.2 Å². The smallest absolute Gasteiger partial charge is 0.339 e. The van der Waals surface area contributed by atoms with Crippen LogP contribution in [0.3, 0.4) is 0 Å². The Kier molecular flexibility index (Phi) is 6.50. The maximum absolute atomic E-state index is 11.8. The van der Waals surface area contributed by atoms with Gasteiger partial charge in [-0.1, -0.05) is 12.1 Å². The molecule has 0 atom stereocenters. The number of rotatable bonds is 6. The highest BCUT2D eigenvalue weighted by Gasteiger charge is 2.11. The van der Waals surface area contributed by atoms with E-state index in [1.54, 1.807) is 6.07 Å². The molecular formula is C13H19INO2+. The number of benzene rings is 1. The Labute approximate surface area is 116 Å². The van der Waals surface area contributed by atoms with E-state index in [2.05, 4.69) is 36.4 Å². The Hall–Kier alpha value is -0.620. The van der Waals surface area contributed by atoms with Crippen molar-refractivity contribution in [3.8, 4) is 0 Å². The van der Waals surface area contributed by atoms with Crippen LogP contribution in [0.4, 0.5) is 0 Å². The largest absolute Gasteiger partial charge is 0.456 e. The molecule has 0 spiro atoms. The molecule has 0 saturated heterocycles. The molecule has 17 heavy (non-hydrogen) atoms. The average Bonchev–Trinajstić information content (AvgIpc) is 2.35. The second-order valence-electron chi connectivity index (χ2n) is 3.82. The molecule has 0 aromatic heterocycles. The quantitative estimate of drug-likeness (QED) is 0.622. The van der Waals surface area contributed by atoms with Gasteiger partial charge in [0, 0.05) is 3.57 Å². The zero-order valence-corrected chi connectivity index (χ0v) is 12.5. The summed E-state index contributed by atoms with van der Waals surface area (Å²) in [6.45, 7) is 7.78. The van der Waals surface area contributed by atoms with Crippen molar-refractivity contribution in [2.75, 3.05) is 26.2 Å². The molecule has 0 aliphatic heterocycles. The average molecular weight is 348 g/mol. The Morgan fingerprint density at radius 1 is 1.29 bits per heavy atom. The number of ether oxygens (including phenoxy) is 1.